The van der Waals surface area contributed by atoms with E-state index in [1.54, 1.807) is 6.08 Å². The van der Waals surface area contributed by atoms with Gasteiger partial charge in [-0.05, 0) is 165 Å². The van der Waals surface area contributed by atoms with Crippen LogP contribution in [-0.4, -0.2) is 6.71 Å². The van der Waals surface area contributed by atoms with E-state index in [2.05, 4.69) is 284 Å². The minimum Gasteiger partial charge on any atom is -0.461 e. The van der Waals surface area contributed by atoms with Crippen LogP contribution in [0, 0.1) is 12.3 Å². The Bertz CT molecular complexity index is 4560. The van der Waals surface area contributed by atoms with E-state index in [4.69, 9.17) is 8.83 Å². The molecule has 2 aromatic heterocycles. The number of benzene rings is 8. The largest absolute Gasteiger partial charge is 0.461 e. The van der Waals surface area contributed by atoms with Gasteiger partial charge in [0, 0.05) is 79.7 Å². The molecular formula is C80H74BN3O2. The molecule has 0 atom stereocenters. The first-order valence-electron chi connectivity index (χ1n) is 30.5. The summed E-state index contributed by atoms with van der Waals surface area (Å²) in [5.41, 5.74) is 22.6. The molecule has 3 aliphatic rings. The van der Waals surface area contributed by atoms with Crippen molar-refractivity contribution < 1.29 is 8.83 Å². The Morgan fingerprint density at radius 1 is 0.674 bits per heavy atom. The molecule has 5 nitrogen and oxygen atoms in total. The fraction of sp³-hybridized carbons (Fsp3) is 0.175. The minimum absolute atomic E-state index is 0.0948. The standard InChI is InChI=1S/C80H74BN3O2/c1-11-13-37-73-53(3)76-63(34-24-39-75(76)86-73)56-40-43-60(44-41-56)84-70-52-61(83(59-30-18-15-19-31-59)69-47-42-55-27-20-21-32-64(55)77(69)57-28-16-14-17-29-57)45-46-67(70)81-66(36-25-48-79(5,6)7)68(12-2)82(71-50-58(80(8,9)10)51-72(84)78(71)81)49-26-35-62-54(4)85-74-38-23-22-33-65(62)74/h11,13-23,25-38,40-47,49-52H,1,4,12,24,39,48H2,2-3,5-10H3/b36-25-,37-13-,49-26+,62-35+. The first kappa shape index (κ1) is 55.7. The third-order valence-corrected chi connectivity index (χ3v) is 17.4. The van der Waals surface area contributed by atoms with Gasteiger partial charge < -0.3 is 23.5 Å². The third-order valence-electron chi connectivity index (χ3n) is 17.4. The van der Waals surface area contributed by atoms with Crippen LogP contribution in [0.5, 0.6) is 0 Å². The van der Waals surface area contributed by atoms with E-state index < -0.39 is 0 Å². The number of nitrogens with zero attached hydrogens (tertiary/aromatic N) is 3. The average Bonchev–Trinajstić information content (AvgIpc) is 1.11. The molecule has 2 aliphatic heterocycles. The highest BCUT2D eigenvalue weighted by Gasteiger charge is 2.44. The maximum absolute atomic E-state index is 6.54. The predicted octanol–water partition coefficient (Wildman–Crippen LogP) is 19.3. The Labute approximate surface area is 508 Å². The van der Waals surface area contributed by atoms with Crippen molar-refractivity contribution in [1.29, 1.82) is 0 Å². The Hall–Kier alpha value is -9.52. The predicted molar refractivity (Wildman–Crippen MR) is 368 cm³/mol. The SMILES string of the molecule is C=C/C=C\c1oc2c(c1C)C(c1ccc(N3c4cc(N(c5ccccc5)c5ccc6ccccc6c5-c5ccccc5)ccc4B4C(/C=C\CC(C)(C)C)=C(CC)N(/C=C/C=c5\c(=C)oc6ccccc56)c5cc(C(C)(C)C)cc3c54)cc1)=CCC2. The highest BCUT2D eigenvalue weighted by atomic mass is 16.3. The summed E-state index contributed by atoms with van der Waals surface area (Å²) >= 11 is 0. The van der Waals surface area contributed by atoms with Gasteiger partial charge in [-0.3, -0.25) is 0 Å². The number of anilines is 7. The number of hydrogen-bond donors (Lipinski definition) is 0. The summed E-state index contributed by atoms with van der Waals surface area (Å²) in [5, 5.41) is 4.44. The van der Waals surface area contributed by atoms with Crippen molar-refractivity contribution in [1.82, 2.24) is 0 Å². The molecule has 0 fully saturated rings. The number of aryl methyl sites for hydroxylation is 1. The van der Waals surface area contributed by atoms with E-state index in [0.29, 0.717) is 5.42 Å². The Morgan fingerprint density at radius 3 is 2.14 bits per heavy atom. The molecule has 0 spiro atoms. The Morgan fingerprint density at radius 2 is 1.40 bits per heavy atom. The van der Waals surface area contributed by atoms with Crippen LogP contribution in [0.4, 0.5) is 39.8 Å². The van der Waals surface area contributed by atoms with Crippen LogP contribution in [0.2, 0.25) is 0 Å². The second-order valence-corrected chi connectivity index (χ2v) is 25.3. The van der Waals surface area contributed by atoms with Gasteiger partial charge in [-0.15, -0.1) is 0 Å². The number of allylic oxidation sites excluding steroid dienone is 8. The lowest BCUT2D eigenvalue weighted by atomic mass is 9.32. The lowest BCUT2D eigenvalue weighted by Gasteiger charge is -2.45. The summed E-state index contributed by atoms with van der Waals surface area (Å²) in [6, 6.07) is 65.0. The van der Waals surface area contributed by atoms with Gasteiger partial charge in [-0.2, -0.15) is 0 Å². The van der Waals surface area contributed by atoms with Crippen LogP contribution in [0.1, 0.15) is 102 Å². The van der Waals surface area contributed by atoms with Crippen molar-refractivity contribution in [2.45, 2.75) is 86.5 Å². The van der Waals surface area contributed by atoms with Gasteiger partial charge >= 0.3 is 0 Å². The molecule has 1 aliphatic carbocycles. The van der Waals surface area contributed by atoms with E-state index in [-0.39, 0.29) is 17.5 Å². The molecule has 4 heterocycles. The first-order chi connectivity index (χ1) is 41.7. The normalized spacial score (nSPS) is 14.5. The average molecular weight is 1120 g/mol. The molecule has 0 N–H and O–H groups in total. The molecule has 0 bridgehead atoms. The van der Waals surface area contributed by atoms with Gasteiger partial charge in [0.25, 0.3) is 6.71 Å². The van der Waals surface area contributed by atoms with Crippen LogP contribution in [0.15, 0.2) is 245 Å². The van der Waals surface area contributed by atoms with Gasteiger partial charge in [0.1, 0.15) is 22.5 Å². The fourth-order valence-corrected chi connectivity index (χ4v) is 13.3. The summed E-state index contributed by atoms with van der Waals surface area (Å²) in [7, 11) is 0. The fourth-order valence-electron chi connectivity index (χ4n) is 13.3. The van der Waals surface area contributed by atoms with Crippen molar-refractivity contribution >= 4 is 103 Å². The van der Waals surface area contributed by atoms with Crippen molar-refractivity contribution in [3.63, 3.8) is 0 Å². The number of furan rings is 2. The Balaban J connectivity index is 1.08. The van der Waals surface area contributed by atoms with E-state index in [0.717, 1.165) is 93.0 Å². The molecule has 86 heavy (non-hydrogen) atoms. The van der Waals surface area contributed by atoms with Crippen LogP contribution in [-0.2, 0) is 11.8 Å². The molecular weight excluding hydrogens is 1050 g/mol. The Kier molecular flexibility index (Phi) is 14.6. The highest BCUT2D eigenvalue weighted by Crippen LogP contribution is 2.50. The molecule has 424 valence electrons. The van der Waals surface area contributed by atoms with Crippen LogP contribution in [0.25, 0.3) is 57.2 Å². The molecule has 13 rings (SSSR count). The van der Waals surface area contributed by atoms with Crippen LogP contribution < -0.4 is 36.3 Å². The van der Waals surface area contributed by atoms with Crippen molar-refractivity contribution in [3.8, 4) is 11.1 Å². The monoisotopic (exact) mass is 1120 g/mol. The summed E-state index contributed by atoms with van der Waals surface area (Å²) in [6.45, 7) is 26.7. The number of para-hydroxylation sites is 2. The van der Waals surface area contributed by atoms with Gasteiger partial charge in [0.15, 0.2) is 0 Å². The van der Waals surface area contributed by atoms with Crippen molar-refractivity contribution in [3.05, 3.63) is 281 Å². The van der Waals surface area contributed by atoms with E-state index in [1.807, 2.05) is 24.3 Å². The van der Waals surface area contributed by atoms with Crippen molar-refractivity contribution in [2.24, 2.45) is 5.41 Å². The van der Waals surface area contributed by atoms with E-state index in [9.17, 15) is 0 Å². The summed E-state index contributed by atoms with van der Waals surface area (Å²) in [4.78, 5) is 7.54. The highest BCUT2D eigenvalue weighted by molar-refractivity contribution is 6.95. The molecule has 0 unspecified atom stereocenters. The maximum atomic E-state index is 6.54. The van der Waals surface area contributed by atoms with E-state index >= 15 is 0 Å². The van der Waals surface area contributed by atoms with Crippen LogP contribution >= 0.6 is 0 Å². The van der Waals surface area contributed by atoms with Gasteiger partial charge in [0.2, 0.25) is 0 Å². The third kappa shape index (κ3) is 10.1. The smallest absolute Gasteiger partial charge is 0.251 e. The number of fused-ring (bicyclic) bond motifs is 5. The number of rotatable bonds is 13. The minimum atomic E-state index is -0.205. The molecule has 0 saturated carbocycles. The zero-order chi connectivity index (χ0) is 59.4. The zero-order valence-corrected chi connectivity index (χ0v) is 50.9. The second-order valence-electron chi connectivity index (χ2n) is 25.3. The van der Waals surface area contributed by atoms with Crippen molar-refractivity contribution in [2.75, 3.05) is 14.7 Å². The van der Waals surface area contributed by atoms with Crippen LogP contribution in [0.3, 0.4) is 0 Å². The molecule has 0 saturated heterocycles. The van der Waals surface area contributed by atoms with Gasteiger partial charge in [-0.1, -0.05) is 207 Å². The molecule has 6 heteroatoms. The maximum Gasteiger partial charge on any atom is 0.251 e. The summed E-state index contributed by atoms with van der Waals surface area (Å²) in [5.74, 6) is 1.93. The quantitative estimate of drug-likeness (QED) is 0.0849. The number of hydrogen-bond acceptors (Lipinski definition) is 5. The van der Waals surface area contributed by atoms with E-state index in [1.165, 1.54) is 72.1 Å². The van der Waals surface area contributed by atoms with Gasteiger partial charge in [0.05, 0.1) is 5.69 Å². The first-order valence-corrected chi connectivity index (χ1v) is 30.5. The summed E-state index contributed by atoms with van der Waals surface area (Å²) in [6.07, 6.45) is 23.2. The second kappa shape index (κ2) is 22.5. The lowest BCUT2D eigenvalue weighted by molar-refractivity contribution is 0.420. The molecule has 10 aromatic rings. The zero-order valence-electron chi connectivity index (χ0n) is 50.9. The summed E-state index contributed by atoms with van der Waals surface area (Å²) < 4.78 is 12.7. The topological polar surface area (TPSA) is 36.0 Å². The molecule has 8 aromatic carbocycles. The molecule has 0 radical (unpaired) electrons. The van der Waals surface area contributed by atoms with Gasteiger partial charge in [-0.25, -0.2) is 0 Å². The lowest BCUT2D eigenvalue weighted by Crippen LogP contribution is -2.56. The molecule has 0 amide bonds.